The van der Waals surface area contributed by atoms with Gasteiger partial charge in [-0.25, -0.2) is 0 Å². The number of hydrogen-bond acceptors (Lipinski definition) is 4. The fourth-order valence-corrected chi connectivity index (χ4v) is 2.80. The summed E-state index contributed by atoms with van der Waals surface area (Å²) in [7, 11) is -1.12. The average molecular weight is 402 g/mol. The third-order valence-corrected chi connectivity index (χ3v) is 3.93. The molecule has 0 spiro atoms. The van der Waals surface area contributed by atoms with Crippen LogP contribution in [0, 0.1) is 0 Å². The third-order valence-electron chi connectivity index (χ3n) is 3.93. The summed E-state index contributed by atoms with van der Waals surface area (Å²) >= 11 is 0. The van der Waals surface area contributed by atoms with Gasteiger partial charge in [0.25, 0.3) is 11.8 Å². The minimum Gasteiger partial charge on any atom is -0.396 e. The van der Waals surface area contributed by atoms with Crippen LogP contribution in [0.5, 0.6) is 0 Å². The predicted molar refractivity (Wildman–Crippen MR) is 80.4 cm³/mol. The highest BCUT2D eigenvalue weighted by atomic mass is 19.4. The van der Waals surface area contributed by atoms with Crippen LogP contribution in [0.15, 0.2) is 12.2 Å². The van der Waals surface area contributed by atoms with E-state index in [0.29, 0.717) is 9.80 Å². The maximum Gasteiger partial charge on any atom is 0.462 e. The van der Waals surface area contributed by atoms with Crippen molar-refractivity contribution >= 4 is 18.9 Å². The van der Waals surface area contributed by atoms with Crippen molar-refractivity contribution in [3.63, 3.8) is 0 Å². The number of amides is 2. The normalized spacial score (nSPS) is 25.2. The first-order chi connectivity index (χ1) is 12.4. The zero-order valence-electron chi connectivity index (χ0n) is 14.2. The molecule has 2 saturated heterocycles. The van der Waals surface area contributed by atoms with Gasteiger partial charge < -0.3 is 19.1 Å². The number of carbonyl (C=O) groups excluding carboxylic acids is 2. The molecule has 13 heteroatoms. The SMILES string of the molecule is C/C=C\CB1O[C@H]2C(=O)N(CC(F)(F)F)CCN(CC(F)(F)F)C(=O)[C@@H]2O1. The van der Waals surface area contributed by atoms with E-state index in [1.807, 2.05) is 0 Å². The van der Waals surface area contributed by atoms with Gasteiger partial charge in [0.05, 0.1) is 0 Å². The molecule has 2 aliphatic heterocycles. The van der Waals surface area contributed by atoms with Crippen LogP contribution >= 0.6 is 0 Å². The van der Waals surface area contributed by atoms with Crippen molar-refractivity contribution < 1.29 is 45.2 Å². The van der Waals surface area contributed by atoms with E-state index in [1.165, 1.54) is 0 Å². The molecule has 0 bridgehead atoms. The lowest BCUT2D eigenvalue weighted by Gasteiger charge is -2.35. The Kier molecular flexibility index (Phi) is 6.45. The van der Waals surface area contributed by atoms with Crippen LogP contribution in [0.4, 0.5) is 26.3 Å². The van der Waals surface area contributed by atoms with Crippen molar-refractivity contribution in [1.82, 2.24) is 9.80 Å². The number of halogens is 6. The Bertz CT molecular complexity index is 553. The molecule has 2 atom stereocenters. The summed E-state index contributed by atoms with van der Waals surface area (Å²) < 4.78 is 87.0. The van der Waals surface area contributed by atoms with Crippen molar-refractivity contribution in [3.05, 3.63) is 12.2 Å². The molecule has 0 radical (unpaired) electrons. The summed E-state index contributed by atoms with van der Waals surface area (Å²) in [6.07, 6.45) is -9.71. The van der Waals surface area contributed by atoms with Crippen LogP contribution in [-0.2, 0) is 18.9 Å². The number of fused-ring (bicyclic) bond motifs is 1. The van der Waals surface area contributed by atoms with Gasteiger partial charge in [-0.05, 0) is 6.92 Å². The second-order valence-corrected chi connectivity index (χ2v) is 6.10. The van der Waals surface area contributed by atoms with E-state index in [2.05, 4.69) is 0 Å². The Labute approximate surface area is 151 Å². The number of nitrogens with zero attached hydrogens (tertiary/aromatic N) is 2. The van der Waals surface area contributed by atoms with Crippen LogP contribution in [0.25, 0.3) is 0 Å². The highest BCUT2D eigenvalue weighted by Crippen LogP contribution is 2.28. The molecule has 152 valence electrons. The van der Waals surface area contributed by atoms with E-state index in [0.717, 1.165) is 0 Å². The van der Waals surface area contributed by atoms with E-state index in [-0.39, 0.29) is 6.32 Å². The first kappa shape index (κ1) is 21.5. The smallest absolute Gasteiger partial charge is 0.396 e. The van der Waals surface area contributed by atoms with Gasteiger partial charge in [0.15, 0.2) is 12.2 Å². The number of allylic oxidation sites excluding steroid dienone is 2. The van der Waals surface area contributed by atoms with Gasteiger partial charge in [-0.15, -0.1) is 0 Å². The summed E-state index contributed by atoms with van der Waals surface area (Å²) in [5, 5.41) is 0. The van der Waals surface area contributed by atoms with Crippen molar-refractivity contribution in [1.29, 1.82) is 0 Å². The molecule has 0 aliphatic carbocycles. The van der Waals surface area contributed by atoms with E-state index in [4.69, 9.17) is 9.31 Å². The Morgan fingerprint density at radius 2 is 1.37 bits per heavy atom. The van der Waals surface area contributed by atoms with Gasteiger partial charge in [0.1, 0.15) is 13.1 Å². The molecular formula is C14H17BF6N2O4. The van der Waals surface area contributed by atoms with Crippen LogP contribution in [0.3, 0.4) is 0 Å². The highest BCUT2D eigenvalue weighted by Gasteiger charge is 2.52. The molecule has 27 heavy (non-hydrogen) atoms. The number of rotatable bonds is 4. The Morgan fingerprint density at radius 3 is 1.70 bits per heavy atom. The van der Waals surface area contributed by atoms with E-state index in [1.54, 1.807) is 19.1 Å². The molecule has 0 aromatic rings. The maximum atomic E-state index is 12.7. The molecule has 0 aromatic carbocycles. The fraction of sp³-hybridized carbons (Fsp3) is 0.714. The molecule has 2 fully saturated rings. The van der Waals surface area contributed by atoms with Gasteiger partial charge in [-0.3, -0.25) is 9.59 Å². The molecule has 0 N–H and O–H groups in total. The second kappa shape index (κ2) is 8.09. The fourth-order valence-electron chi connectivity index (χ4n) is 2.80. The number of carbonyl (C=O) groups is 2. The first-order valence-electron chi connectivity index (χ1n) is 8.04. The van der Waals surface area contributed by atoms with Gasteiger partial charge in [0, 0.05) is 19.4 Å². The van der Waals surface area contributed by atoms with E-state index in [9.17, 15) is 35.9 Å². The summed E-state index contributed by atoms with van der Waals surface area (Å²) in [6.45, 7) is -3.05. The molecule has 2 heterocycles. The molecule has 2 aliphatic rings. The van der Waals surface area contributed by atoms with Crippen LogP contribution < -0.4 is 0 Å². The minimum absolute atomic E-state index is 0.0859. The van der Waals surface area contributed by atoms with Gasteiger partial charge >= 0.3 is 19.5 Å². The topological polar surface area (TPSA) is 59.1 Å². The molecular weight excluding hydrogens is 385 g/mol. The van der Waals surface area contributed by atoms with Crippen molar-refractivity contribution in [2.24, 2.45) is 0 Å². The second-order valence-electron chi connectivity index (χ2n) is 6.10. The summed E-state index contributed by atoms with van der Waals surface area (Å²) in [5.74, 6) is -2.28. The van der Waals surface area contributed by atoms with Gasteiger partial charge in [-0.2, -0.15) is 26.3 Å². The Hall–Kier alpha value is -1.76. The highest BCUT2D eigenvalue weighted by molar-refractivity contribution is 6.46. The monoisotopic (exact) mass is 402 g/mol. The maximum absolute atomic E-state index is 12.7. The molecule has 0 saturated carbocycles. The lowest BCUT2D eigenvalue weighted by atomic mass is 9.85. The quantitative estimate of drug-likeness (QED) is 0.408. The summed E-state index contributed by atoms with van der Waals surface area (Å²) in [4.78, 5) is 25.5. The van der Waals surface area contributed by atoms with Crippen LogP contribution in [0.2, 0.25) is 6.32 Å². The average Bonchev–Trinajstić information content (AvgIpc) is 2.95. The van der Waals surface area contributed by atoms with Crippen molar-refractivity contribution in [3.8, 4) is 0 Å². The first-order valence-corrected chi connectivity index (χ1v) is 8.04. The third kappa shape index (κ3) is 5.86. The summed E-state index contributed by atoms with van der Waals surface area (Å²) in [5.41, 5.74) is 0. The van der Waals surface area contributed by atoms with Crippen molar-refractivity contribution in [2.45, 2.75) is 37.8 Å². The Balaban J connectivity index is 2.29. The number of hydrogen-bond donors (Lipinski definition) is 0. The lowest BCUT2D eigenvalue weighted by Crippen LogP contribution is -2.58. The van der Waals surface area contributed by atoms with Gasteiger partial charge in [0.2, 0.25) is 0 Å². The Morgan fingerprint density at radius 1 is 0.963 bits per heavy atom. The zero-order chi connectivity index (χ0) is 20.4. The van der Waals surface area contributed by atoms with Crippen molar-refractivity contribution in [2.75, 3.05) is 26.2 Å². The van der Waals surface area contributed by atoms with Crippen LogP contribution in [0.1, 0.15) is 6.92 Å². The van der Waals surface area contributed by atoms with Crippen LogP contribution in [-0.4, -0.2) is 79.5 Å². The predicted octanol–water partition coefficient (Wildman–Crippen LogP) is 1.63. The largest absolute Gasteiger partial charge is 0.462 e. The molecule has 0 unspecified atom stereocenters. The van der Waals surface area contributed by atoms with E-state index >= 15 is 0 Å². The lowest BCUT2D eigenvalue weighted by molar-refractivity contribution is -0.178. The standard InChI is InChI=1S/C14H17BF6N2O4/c1-2-3-4-15-26-9-10(27-15)12(25)23(8-14(19,20)21)6-5-22(11(9)24)7-13(16,17)18/h2-3,9-10H,4-8H2,1H3/b3-2-/t9-,10-/m1/s1. The molecule has 2 amide bonds. The molecule has 6 nitrogen and oxygen atoms in total. The molecule has 2 rings (SSSR count). The zero-order valence-corrected chi connectivity index (χ0v) is 14.2. The van der Waals surface area contributed by atoms with Gasteiger partial charge in [-0.1, -0.05) is 12.2 Å². The number of alkyl halides is 6. The van der Waals surface area contributed by atoms with E-state index < -0.39 is 69.7 Å². The summed E-state index contributed by atoms with van der Waals surface area (Å²) in [6, 6.07) is 0. The molecule has 0 aromatic heterocycles. The minimum atomic E-state index is -4.76.